The molecule has 0 heterocycles. The molecule has 36 heavy (non-hydrogen) atoms. The molecule has 1 aromatic rings. The van der Waals surface area contributed by atoms with Crippen LogP contribution in [0.3, 0.4) is 0 Å². The van der Waals surface area contributed by atoms with Gasteiger partial charge in [0.25, 0.3) is 0 Å². The summed E-state index contributed by atoms with van der Waals surface area (Å²) in [7, 11) is 0. The summed E-state index contributed by atoms with van der Waals surface area (Å²) < 4.78 is 10.2. The molecule has 0 aromatic heterocycles. The van der Waals surface area contributed by atoms with Crippen molar-refractivity contribution >= 4 is 36.5 Å². The van der Waals surface area contributed by atoms with E-state index < -0.39 is 41.6 Å². The van der Waals surface area contributed by atoms with Gasteiger partial charge in [-0.3, -0.25) is 14.4 Å². The van der Waals surface area contributed by atoms with Gasteiger partial charge in [-0.05, 0) is 53.5 Å². The number of thiol groups is 1. The molecule has 0 saturated carbocycles. The van der Waals surface area contributed by atoms with E-state index in [0.717, 1.165) is 11.1 Å². The van der Waals surface area contributed by atoms with E-state index in [0.29, 0.717) is 12.0 Å². The zero-order chi connectivity index (χ0) is 27.5. The highest BCUT2D eigenvalue weighted by Gasteiger charge is 2.35. The van der Waals surface area contributed by atoms with Gasteiger partial charge in [-0.1, -0.05) is 36.2 Å². The minimum atomic E-state index is -1.00. The van der Waals surface area contributed by atoms with E-state index in [-0.39, 0.29) is 31.9 Å². The summed E-state index contributed by atoms with van der Waals surface area (Å²) in [5, 5.41) is 5.35. The van der Waals surface area contributed by atoms with E-state index in [4.69, 9.17) is 9.47 Å². The molecule has 0 aliphatic carbocycles. The highest BCUT2D eigenvalue weighted by atomic mass is 32.1. The second-order valence-electron chi connectivity index (χ2n) is 9.58. The van der Waals surface area contributed by atoms with Crippen molar-refractivity contribution in [3.63, 3.8) is 0 Å². The lowest BCUT2D eigenvalue weighted by Gasteiger charge is -2.34. The van der Waals surface area contributed by atoms with Crippen LogP contribution in [0, 0.1) is 13.8 Å². The number of carbonyl (C=O) groups is 4. The van der Waals surface area contributed by atoms with Crippen LogP contribution in [0.15, 0.2) is 18.2 Å². The minimum absolute atomic E-state index is 0.0142. The van der Waals surface area contributed by atoms with Gasteiger partial charge in [0.05, 0.1) is 13.0 Å². The minimum Gasteiger partial charge on any atom is -0.466 e. The van der Waals surface area contributed by atoms with Gasteiger partial charge < -0.3 is 25.0 Å². The third-order valence-electron chi connectivity index (χ3n) is 4.97. The monoisotopic (exact) mass is 523 g/mol. The lowest BCUT2D eigenvalue weighted by molar-refractivity contribution is -0.144. The van der Waals surface area contributed by atoms with Gasteiger partial charge in [0.1, 0.15) is 17.7 Å². The zero-order valence-electron chi connectivity index (χ0n) is 22.5. The van der Waals surface area contributed by atoms with Crippen LogP contribution in [0.2, 0.25) is 0 Å². The number of hydrogen-bond acceptors (Lipinski definition) is 7. The Morgan fingerprint density at radius 1 is 1.06 bits per heavy atom. The number of alkyl carbamates (subject to hydrolysis) is 1. The molecule has 2 unspecified atom stereocenters. The molecule has 0 aliphatic heterocycles. The fourth-order valence-electron chi connectivity index (χ4n) is 3.70. The fourth-order valence-corrected chi connectivity index (χ4v) is 3.95. The summed E-state index contributed by atoms with van der Waals surface area (Å²) in [6.45, 7) is 13.2. The highest BCUT2D eigenvalue weighted by molar-refractivity contribution is 7.80. The lowest BCUT2D eigenvalue weighted by Crippen LogP contribution is -2.54. The van der Waals surface area contributed by atoms with Crippen molar-refractivity contribution in [2.45, 2.75) is 79.0 Å². The summed E-state index contributed by atoms with van der Waals surface area (Å²) >= 11 is 4.27. The van der Waals surface area contributed by atoms with Crippen LogP contribution in [-0.4, -0.2) is 65.9 Å². The molecule has 1 rings (SSSR count). The Bertz CT molecular complexity index is 895. The van der Waals surface area contributed by atoms with Crippen molar-refractivity contribution in [1.29, 1.82) is 0 Å². The highest BCUT2D eigenvalue weighted by Crippen LogP contribution is 2.25. The van der Waals surface area contributed by atoms with Gasteiger partial charge >= 0.3 is 12.1 Å². The first-order valence-electron chi connectivity index (χ1n) is 12.2. The van der Waals surface area contributed by atoms with Gasteiger partial charge in [-0.2, -0.15) is 12.6 Å². The van der Waals surface area contributed by atoms with Crippen molar-refractivity contribution in [3.8, 4) is 0 Å². The Hall–Kier alpha value is -2.75. The Kier molecular flexibility index (Phi) is 12.8. The number of nitrogens with zero attached hydrogens (tertiary/aromatic N) is 1. The van der Waals surface area contributed by atoms with E-state index in [1.807, 2.05) is 39.0 Å². The summed E-state index contributed by atoms with van der Waals surface area (Å²) in [6, 6.07) is 3.72. The Labute approximate surface area is 220 Å². The molecule has 0 radical (unpaired) electrons. The predicted octanol–water partition coefficient (Wildman–Crippen LogP) is 3.48. The Morgan fingerprint density at radius 3 is 2.17 bits per heavy atom. The van der Waals surface area contributed by atoms with Crippen LogP contribution in [0.4, 0.5) is 4.79 Å². The largest absolute Gasteiger partial charge is 0.466 e. The summed E-state index contributed by atoms with van der Waals surface area (Å²) in [4.78, 5) is 52.7. The molecule has 0 spiro atoms. The van der Waals surface area contributed by atoms with Gasteiger partial charge in [0, 0.05) is 18.8 Å². The van der Waals surface area contributed by atoms with Crippen LogP contribution in [0.25, 0.3) is 0 Å². The molecule has 10 heteroatoms. The first-order valence-corrected chi connectivity index (χ1v) is 12.9. The number of esters is 1. The molecule has 0 fully saturated rings. The molecule has 0 saturated heterocycles. The SMILES string of the molecule is CCCN(C(=O)C(CS)NC(=O)OC(C)(C)C)C(C(=O)NCCC(=O)OCC)c1cc(C)cc(C)c1. The summed E-state index contributed by atoms with van der Waals surface area (Å²) in [6.07, 6.45) is -0.150. The number of hydrogen-bond donors (Lipinski definition) is 3. The molecule has 2 N–H and O–H groups in total. The normalized spacial score (nSPS) is 12.8. The maximum atomic E-state index is 13.7. The number of aryl methyl sites for hydroxylation is 2. The van der Waals surface area contributed by atoms with Gasteiger partial charge in [0.2, 0.25) is 11.8 Å². The predicted molar refractivity (Wildman–Crippen MR) is 142 cm³/mol. The number of carbonyl (C=O) groups excluding carboxylic acids is 4. The third kappa shape index (κ3) is 10.5. The van der Waals surface area contributed by atoms with E-state index >= 15 is 0 Å². The second kappa shape index (κ2) is 14.7. The fraction of sp³-hybridized carbons (Fsp3) is 0.615. The quantitative estimate of drug-likeness (QED) is 0.286. The summed E-state index contributed by atoms with van der Waals surface area (Å²) in [5.41, 5.74) is 1.78. The van der Waals surface area contributed by atoms with Crippen molar-refractivity contribution in [1.82, 2.24) is 15.5 Å². The second-order valence-corrected chi connectivity index (χ2v) is 9.95. The number of amides is 3. The molecule has 0 bridgehead atoms. The third-order valence-corrected chi connectivity index (χ3v) is 5.34. The first-order chi connectivity index (χ1) is 16.8. The van der Waals surface area contributed by atoms with E-state index in [1.165, 1.54) is 4.90 Å². The van der Waals surface area contributed by atoms with Crippen LogP contribution in [0.1, 0.15) is 70.2 Å². The van der Waals surface area contributed by atoms with Crippen LogP contribution in [0.5, 0.6) is 0 Å². The van der Waals surface area contributed by atoms with Crippen LogP contribution < -0.4 is 10.6 Å². The standard InChI is InChI=1S/C26H41N3O6S/c1-8-12-29(24(32)20(16-36)28-25(33)35-26(5,6)7)22(19-14-17(3)13-18(4)15-19)23(31)27-11-10-21(30)34-9-2/h13-15,20,22,36H,8-12,16H2,1-7H3,(H,27,31)(H,28,33). The molecule has 1 aromatic carbocycles. The molecule has 202 valence electrons. The topological polar surface area (TPSA) is 114 Å². The molecule has 0 aliphatic rings. The van der Waals surface area contributed by atoms with Gasteiger partial charge in [0.15, 0.2) is 0 Å². The molecular formula is C26H41N3O6S. The first kappa shape index (κ1) is 31.3. The van der Waals surface area contributed by atoms with E-state index in [2.05, 4.69) is 23.3 Å². The number of nitrogens with one attached hydrogen (secondary N) is 2. The van der Waals surface area contributed by atoms with Crippen molar-refractivity contribution in [2.75, 3.05) is 25.4 Å². The number of rotatable bonds is 12. The molecule has 3 amide bonds. The molecule has 2 atom stereocenters. The van der Waals surface area contributed by atoms with Gasteiger partial charge in [-0.15, -0.1) is 0 Å². The van der Waals surface area contributed by atoms with Crippen molar-refractivity contribution in [2.24, 2.45) is 0 Å². The molecule has 9 nitrogen and oxygen atoms in total. The van der Waals surface area contributed by atoms with E-state index in [9.17, 15) is 19.2 Å². The van der Waals surface area contributed by atoms with Crippen molar-refractivity contribution < 1.29 is 28.7 Å². The van der Waals surface area contributed by atoms with Crippen LogP contribution >= 0.6 is 12.6 Å². The number of benzene rings is 1. The molecular weight excluding hydrogens is 482 g/mol. The summed E-state index contributed by atoms with van der Waals surface area (Å²) in [5.74, 6) is -1.29. The number of ether oxygens (including phenoxy) is 2. The van der Waals surface area contributed by atoms with Gasteiger partial charge in [-0.25, -0.2) is 4.79 Å². The van der Waals surface area contributed by atoms with E-state index in [1.54, 1.807) is 27.7 Å². The average molecular weight is 524 g/mol. The lowest BCUT2D eigenvalue weighted by atomic mass is 9.98. The zero-order valence-corrected chi connectivity index (χ0v) is 23.4. The Morgan fingerprint density at radius 2 is 1.67 bits per heavy atom. The van der Waals surface area contributed by atoms with Crippen molar-refractivity contribution in [3.05, 3.63) is 34.9 Å². The van der Waals surface area contributed by atoms with Crippen LogP contribution in [-0.2, 0) is 23.9 Å². The maximum absolute atomic E-state index is 13.7. The smallest absolute Gasteiger partial charge is 0.408 e. The maximum Gasteiger partial charge on any atom is 0.408 e. The average Bonchev–Trinajstić information content (AvgIpc) is 2.75. The Balaban J connectivity index is 3.31.